The average Bonchev–Trinajstić information content (AvgIpc) is 2.37. The third-order valence-electron chi connectivity index (χ3n) is 2.30. The van der Waals surface area contributed by atoms with E-state index in [0.29, 0.717) is 23.3 Å². The molecule has 0 heterocycles. The molecule has 1 aromatic rings. The van der Waals surface area contributed by atoms with Crippen LogP contribution in [0.3, 0.4) is 0 Å². The Hall–Kier alpha value is -1.07. The number of thiocarbonyl (C=S) groups is 1. The highest BCUT2D eigenvalue weighted by Crippen LogP contribution is 2.13. The molecule has 0 atom stereocenters. The average molecular weight is 297 g/mol. The lowest BCUT2D eigenvalue weighted by molar-refractivity contribution is -0.141. The first-order valence-corrected chi connectivity index (χ1v) is 7.67. The maximum absolute atomic E-state index is 11.4. The Labute approximate surface area is 123 Å². The van der Waals surface area contributed by atoms with Gasteiger partial charge in [0.15, 0.2) is 0 Å². The molecule has 19 heavy (non-hydrogen) atoms. The maximum atomic E-state index is 11.4. The van der Waals surface area contributed by atoms with Crippen molar-refractivity contribution in [2.24, 2.45) is 11.7 Å². The molecule has 0 aromatic heterocycles. The second-order valence-corrected chi connectivity index (χ2v) is 6.06. The number of ether oxygens (including phenoxy) is 1. The van der Waals surface area contributed by atoms with Gasteiger partial charge in [0.1, 0.15) is 4.99 Å². The predicted molar refractivity (Wildman–Crippen MR) is 84.3 cm³/mol. The highest BCUT2D eigenvalue weighted by atomic mass is 32.2. The minimum absolute atomic E-state index is 0.154. The number of carbonyl (C=O) groups is 1. The van der Waals surface area contributed by atoms with Crippen LogP contribution in [0.2, 0.25) is 0 Å². The van der Waals surface area contributed by atoms with Gasteiger partial charge >= 0.3 is 5.97 Å². The lowest BCUT2D eigenvalue weighted by atomic mass is 10.1. The van der Waals surface area contributed by atoms with Crippen LogP contribution in [0.15, 0.2) is 24.3 Å². The maximum Gasteiger partial charge on any atom is 0.315 e. The Bertz CT molecular complexity index is 430. The quantitative estimate of drug-likeness (QED) is 0.619. The third kappa shape index (κ3) is 6.59. The summed E-state index contributed by atoms with van der Waals surface area (Å²) in [7, 11) is 0. The molecule has 5 heteroatoms. The third-order valence-corrected chi connectivity index (χ3v) is 3.52. The van der Waals surface area contributed by atoms with Gasteiger partial charge in [-0.1, -0.05) is 50.3 Å². The summed E-state index contributed by atoms with van der Waals surface area (Å²) in [6.45, 7) is 4.52. The van der Waals surface area contributed by atoms with Gasteiger partial charge in [-0.05, 0) is 11.5 Å². The van der Waals surface area contributed by atoms with Gasteiger partial charge in [0.2, 0.25) is 0 Å². The molecule has 0 aliphatic heterocycles. The van der Waals surface area contributed by atoms with E-state index in [1.54, 1.807) is 11.8 Å². The minimum Gasteiger partial charge on any atom is -0.465 e. The van der Waals surface area contributed by atoms with Crippen molar-refractivity contribution in [1.82, 2.24) is 0 Å². The van der Waals surface area contributed by atoms with Crippen LogP contribution in [0.5, 0.6) is 0 Å². The summed E-state index contributed by atoms with van der Waals surface area (Å²) in [5, 5.41) is 0. The molecule has 2 N–H and O–H groups in total. The molecule has 0 aliphatic rings. The molecule has 1 aromatic carbocycles. The van der Waals surface area contributed by atoms with Crippen molar-refractivity contribution in [2.45, 2.75) is 19.6 Å². The monoisotopic (exact) mass is 297 g/mol. The number of benzene rings is 1. The first kappa shape index (κ1) is 16.0. The molecule has 0 fully saturated rings. The van der Waals surface area contributed by atoms with Crippen LogP contribution in [0, 0.1) is 5.92 Å². The number of rotatable bonds is 7. The van der Waals surface area contributed by atoms with E-state index in [4.69, 9.17) is 22.7 Å². The predicted octanol–water partition coefficient (Wildman–Crippen LogP) is 2.75. The van der Waals surface area contributed by atoms with Crippen LogP contribution in [0.1, 0.15) is 25.0 Å². The summed E-state index contributed by atoms with van der Waals surface area (Å²) < 4.78 is 5.10. The van der Waals surface area contributed by atoms with Gasteiger partial charge < -0.3 is 10.5 Å². The zero-order valence-corrected chi connectivity index (χ0v) is 12.9. The Morgan fingerprint density at radius 3 is 2.53 bits per heavy atom. The molecule has 0 bridgehead atoms. The molecule has 104 valence electrons. The fourth-order valence-electron chi connectivity index (χ4n) is 1.32. The normalized spacial score (nSPS) is 10.5. The number of nitrogens with two attached hydrogens (primary N) is 1. The van der Waals surface area contributed by atoms with Gasteiger partial charge in [0, 0.05) is 11.3 Å². The van der Waals surface area contributed by atoms with E-state index in [9.17, 15) is 4.79 Å². The zero-order chi connectivity index (χ0) is 14.3. The van der Waals surface area contributed by atoms with Crippen molar-refractivity contribution in [3.63, 3.8) is 0 Å². The van der Waals surface area contributed by atoms with Crippen molar-refractivity contribution in [2.75, 3.05) is 12.4 Å². The molecule has 0 unspecified atom stereocenters. The van der Waals surface area contributed by atoms with Crippen LogP contribution in [-0.4, -0.2) is 23.3 Å². The summed E-state index contributed by atoms with van der Waals surface area (Å²) in [4.78, 5) is 11.8. The first-order valence-electron chi connectivity index (χ1n) is 6.11. The van der Waals surface area contributed by atoms with Crippen LogP contribution >= 0.6 is 24.0 Å². The lowest BCUT2D eigenvalue weighted by Gasteiger charge is -2.07. The summed E-state index contributed by atoms with van der Waals surface area (Å²) >= 11 is 6.43. The van der Waals surface area contributed by atoms with E-state index >= 15 is 0 Å². The highest BCUT2D eigenvalue weighted by Gasteiger charge is 2.05. The number of carbonyl (C=O) groups excluding carboxylic acids is 1. The molecule has 0 saturated heterocycles. The molecule has 0 saturated carbocycles. The molecule has 0 spiro atoms. The van der Waals surface area contributed by atoms with Gasteiger partial charge in [0.25, 0.3) is 0 Å². The van der Waals surface area contributed by atoms with Gasteiger partial charge in [-0.15, -0.1) is 11.8 Å². The van der Waals surface area contributed by atoms with Crippen LogP contribution in [0.25, 0.3) is 0 Å². The smallest absolute Gasteiger partial charge is 0.315 e. The minimum atomic E-state index is -0.154. The molecule has 3 nitrogen and oxygen atoms in total. The van der Waals surface area contributed by atoms with Gasteiger partial charge in [-0.3, -0.25) is 4.79 Å². The van der Waals surface area contributed by atoms with E-state index in [1.165, 1.54) is 0 Å². The van der Waals surface area contributed by atoms with Gasteiger partial charge in [0.05, 0.1) is 12.4 Å². The van der Waals surface area contributed by atoms with E-state index in [1.807, 2.05) is 38.1 Å². The Morgan fingerprint density at radius 2 is 2.00 bits per heavy atom. The number of hydrogen-bond acceptors (Lipinski definition) is 4. The van der Waals surface area contributed by atoms with Crippen molar-refractivity contribution in [3.05, 3.63) is 35.4 Å². The van der Waals surface area contributed by atoms with Crippen molar-refractivity contribution >= 4 is 34.9 Å². The topological polar surface area (TPSA) is 52.3 Å². The number of esters is 1. The number of thioether (sulfide) groups is 1. The van der Waals surface area contributed by atoms with E-state index in [2.05, 4.69) is 0 Å². The summed E-state index contributed by atoms with van der Waals surface area (Å²) in [6.07, 6.45) is 0. The van der Waals surface area contributed by atoms with E-state index < -0.39 is 0 Å². The summed E-state index contributed by atoms with van der Waals surface area (Å²) in [5.41, 5.74) is 7.53. The standard InChI is InChI=1S/C14H19NO2S2/c1-10(2)7-17-13(16)9-19-8-11-3-5-12(6-4-11)14(15)18/h3-6,10H,7-9H2,1-2H3,(H2,15,18). The lowest BCUT2D eigenvalue weighted by Crippen LogP contribution is -2.12. The second kappa shape index (κ2) is 8.17. The summed E-state index contributed by atoms with van der Waals surface area (Å²) in [5.74, 6) is 1.37. The van der Waals surface area contributed by atoms with E-state index in [0.717, 1.165) is 16.9 Å². The van der Waals surface area contributed by atoms with Gasteiger partial charge in [-0.2, -0.15) is 0 Å². The Morgan fingerprint density at radius 1 is 1.37 bits per heavy atom. The van der Waals surface area contributed by atoms with E-state index in [-0.39, 0.29) is 5.97 Å². The van der Waals surface area contributed by atoms with Crippen molar-refractivity contribution in [1.29, 1.82) is 0 Å². The van der Waals surface area contributed by atoms with Crippen LogP contribution in [-0.2, 0) is 15.3 Å². The Kier molecular flexibility index (Phi) is 6.87. The molecule has 0 aliphatic carbocycles. The van der Waals surface area contributed by atoms with Crippen LogP contribution < -0.4 is 5.73 Å². The van der Waals surface area contributed by atoms with Crippen molar-refractivity contribution in [3.8, 4) is 0 Å². The molecular formula is C14H19NO2S2. The SMILES string of the molecule is CC(C)COC(=O)CSCc1ccc(C(N)=S)cc1. The molecule has 0 radical (unpaired) electrons. The van der Waals surface area contributed by atoms with Crippen LogP contribution in [0.4, 0.5) is 0 Å². The van der Waals surface area contributed by atoms with Gasteiger partial charge in [-0.25, -0.2) is 0 Å². The molecule has 0 amide bonds. The Balaban J connectivity index is 2.29. The fraction of sp³-hybridized carbons (Fsp3) is 0.429. The highest BCUT2D eigenvalue weighted by molar-refractivity contribution is 7.99. The zero-order valence-electron chi connectivity index (χ0n) is 11.2. The second-order valence-electron chi connectivity index (χ2n) is 4.63. The largest absolute Gasteiger partial charge is 0.465 e. The summed E-state index contributed by atoms with van der Waals surface area (Å²) in [6, 6.07) is 7.74. The number of hydrogen-bond donors (Lipinski definition) is 1. The first-order chi connectivity index (χ1) is 8.99. The molecular weight excluding hydrogens is 278 g/mol. The van der Waals surface area contributed by atoms with Crippen molar-refractivity contribution < 1.29 is 9.53 Å². The fourth-order valence-corrected chi connectivity index (χ4v) is 2.24. The molecule has 1 rings (SSSR count).